The minimum atomic E-state index is 0.710. The second-order valence-corrected chi connectivity index (χ2v) is 9.52. The second kappa shape index (κ2) is 19.4. The zero-order valence-corrected chi connectivity index (χ0v) is 17.0. The molecule has 0 saturated heterocycles. The monoisotopic (exact) mass is 329 g/mol. The molecule has 0 amide bonds. The number of hydrogen-bond acceptors (Lipinski definition) is 0. The maximum atomic E-state index is 2.50. The molecule has 0 nitrogen and oxygen atoms in total. The van der Waals surface area contributed by atoms with Crippen LogP contribution < -0.4 is 0 Å². The molecule has 0 aliphatic heterocycles. The first kappa shape index (κ1) is 22.4. The molecule has 22 heavy (non-hydrogen) atoms. The van der Waals surface area contributed by atoms with E-state index >= 15 is 0 Å². The Morgan fingerprint density at radius 2 is 0.682 bits per heavy atom. The van der Waals surface area contributed by atoms with Crippen molar-refractivity contribution in [2.45, 2.75) is 117 Å². The fourth-order valence-electron chi connectivity index (χ4n) is 3.07. The van der Waals surface area contributed by atoms with E-state index in [0.717, 1.165) is 0 Å². The molecular formula is C21H45S+. The van der Waals surface area contributed by atoms with Crippen molar-refractivity contribution >= 4 is 10.9 Å². The first-order valence-corrected chi connectivity index (χ1v) is 12.4. The highest BCUT2D eigenvalue weighted by Gasteiger charge is 2.09. The molecule has 1 atom stereocenters. The van der Waals surface area contributed by atoms with E-state index in [-0.39, 0.29) is 0 Å². The standard InChI is InChI=1S/C21H45S/c1-4-6-8-10-12-13-14-15-17-19-21-22(3)20-18-16-11-9-7-5-2/h4-21H2,1-3H3/q+1. The average Bonchev–Trinajstić information content (AvgIpc) is 2.52. The van der Waals surface area contributed by atoms with E-state index < -0.39 is 0 Å². The fourth-order valence-corrected chi connectivity index (χ4v) is 4.66. The van der Waals surface area contributed by atoms with Gasteiger partial charge >= 0.3 is 0 Å². The summed E-state index contributed by atoms with van der Waals surface area (Å²) in [7, 11) is 0.710. The van der Waals surface area contributed by atoms with Crippen molar-refractivity contribution in [2.75, 3.05) is 17.8 Å². The van der Waals surface area contributed by atoms with E-state index in [1.54, 1.807) is 0 Å². The van der Waals surface area contributed by atoms with Crippen molar-refractivity contribution in [3.8, 4) is 0 Å². The molecule has 0 fully saturated rings. The smallest absolute Gasteiger partial charge is 0.0654 e. The van der Waals surface area contributed by atoms with Crippen molar-refractivity contribution in [2.24, 2.45) is 0 Å². The van der Waals surface area contributed by atoms with Gasteiger partial charge in [-0.3, -0.25) is 0 Å². The van der Waals surface area contributed by atoms with E-state index in [2.05, 4.69) is 20.1 Å². The summed E-state index contributed by atoms with van der Waals surface area (Å²) in [5.41, 5.74) is 0. The van der Waals surface area contributed by atoms with Gasteiger partial charge in [-0.25, -0.2) is 0 Å². The van der Waals surface area contributed by atoms with Crippen LogP contribution in [-0.4, -0.2) is 17.8 Å². The van der Waals surface area contributed by atoms with Crippen molar-refractivity contribution in [1.29, 1.82) is 0 Å². The lowest BCUT2D eigenvalue weighted by Gasteiger charge is -2.05. The summed E-state index contributed by atoms with van der Waals surface area (Å²) >= 11 is 0. The predicted octanol–water partition coefficient (Wildman–Crippen LogP) is 7.52. The largest absolute Gasteiger partial charge is 0.107 e. The Morgan fingerprint density at radius 3 is 1.00 bits per heavy atom. The van der Waals surface area contributed by atoms with Crippen molar-refractivity contribution < 1.29 is 0 Å². The van der Waals surface area contributed by atoms with E-state index in [0.29, 0.717) is 10.9 Å². The van der Waals surface area contributed by atoms with Gasteiger partial charge in [0.25, 0.3) is 0 Å². The molecule has 0 aliphatic rings. The van der Waals surface area contributed by atoms with E-state index in [4.69, 9.17) is 0 Å². The van der Waals surface area contributed by atoms with Crippen molar-refractivity contribution in [3.05, 3.63) is 0 Å². The van der Waals surface area contributed by atoms with Gasteiger partial charge in [0.05, 0.1) is 6.26 Å². The summed E-state index contributed by atoms with van der Waals surface area (Å²) in [6.45, 7) is 4.60. The van der Waals surface area contributed by atoms with Crippen molar-refractivity contribution in [1.82, 2.24) is 0 Å². The lowest BCUT2D eigenvalue weighted by atomic mass is 10.1. The Balaban J connectivity index is 3.10. The summed E-state index contributed by atoms with van der Waals surface area (Å²) in [5.74, 6) is 3.01. The van der Waals surface area contributed by atoms with Crippen LogP contribution in [0.2, 0.25) is 0 Å². The lowest BCUT2D eigenvalue weighted by Crippen LogP contribution is -2.10. The van der Waals surface area contributed by atoms with Gasteiger partial charge in [-0.15, -0.1) is 0 Å². The maximum absolute atomic E-state index is 2.50. The molecule has 0 radical (unpaired) electrons. The van der Waals surface area contributed by atoms with Gasteiger partial charge in [0.1, 0.15) is 11.5 Å². The minimum Gasteiger partial charge on any atom is -0.0654 e. The summed E-state index contributed by atoms with van der Waals surface area (Å²) < 4.78 is 0. The molecule has 0 aliphatic carbocycles. The highest BCUT2D eigenvalue weighted by molar-refractivity contribution is 7.96. The normalized spacial score (nSPS) is 12.7. The number of unbranched alkanes of at least 4 members (excludes halogenated alkanes) is 14. The van der Waals surface area contributed by atoms with Crippen LogP contribution in [0.1, 0.15) is 117 Å². The van der Waals surface area contributed by atoms with Gasteiger partial charge in [0.2, 0.25) is 0 Å². The Morgan fingerprint density at radius 1 is 0.409 bits per heavy atom. The Kier molecular flexibility index (Phi) is 19.7. The van der Waals surface area contributed by atoms with Crippen LogP contribution in [0.4, 0.5) is 0 Å². The zero-order chi connectivity index (χ0) is 16.3. The van der Waals surface area contributed by atoms with E-state index in [1.807, 2.05) is 0 Å². The molecule has 0 heterocycles. The average molecular weight is 330 g/mol. The van der Waals surface area contributed by atoms with Gasteiger partial charge in [-0.1, -0.05) is 90.9 Å². The fraction of sp³-hybridized carbons (Fsp3) is 1.00. The first-order valence-electron chi connectivity index (χ1n) is 10.4. The lowest BCUT2D eigenvalue weighted by molar-refractivity contribution is 0.563. The predicted molar refractivity (Wildman–Crippen MR) is 108 cm³/mol. The molecular weight excluding hydrogens is 284 g/mol. The first-order chi connectivity index (χ1) is 10.8. The minimum absolute atomic E-state index is 0.710. The zero-order valence-electron chi connectivity index (χ0n) is 16.1. The SMILES string of the molecule is CCCCCCCCCCCC[S+](C)CCCCCCCC. The molecule has 0 aromatic rings. The summed E-state index contributed by atoms with van der Waals surface area (Å²) in [4.78, 5) is 0. The van der Waals surface area contributed by atoms with Gasteiger partial charge in [0.15, 0.2) is 0 Å². The molecule has 0 saturated carbocycles. The van der Waals surface area contributed by atoms with Gasteiger partial charge in [-0.05, 0) is 36.6 Å². The topological polar surface area (TPSA) is 0 Å². The number of rotatable bonds is 18. The van der Waals surface area contributed by atoms with Gasteiger partial charge in [0, 0.05) is 0 Å². The Labute approximate surface area is 145 Å². The van der Waals surface area contributed by atoms with Crippen LogP contribution in [0.5, 0.6) is 0 Å². The highest BCUT2D eigenvalue weighted by atomic mass is 32.2. The molecule has 0 rings (SSSR count). The maximum Gasteiger partial charge on any atom is 0.107 e. The molecule has 0 aromatic heterocycles. The van der Waals surface area contributed by atoms with Crippen LogP contribution in [0, 0.1) is 0 Å². The quantitative estimate of drug-likeness (QED) is 0.180. The summed E-state index contributed by atoms with van der Waals surface area (Å²) in [6.07, 6.45) is 25.9. The third kappa shape index (κ3) is 18.4. The van der Waals surface area contributed by atoms with Crippen LogP contribution in [-0.2, 0) is 10.9 Å². The van der Waals surface area contributed by atoms with Gasteiger partial charge < -0.3 is 0 Å². The van der Waals surface area contributed by atoms with Crippen LogP contribution in [0.25, 0.3) is 0 Å². The second-order valence-electron chi connectivity index (χ2n) is 7.14. The summed E-state index contributed by atoms with van der Waals surface area (Å²) in [5, 5.41) is 0. The number of hydrogen-bond donors (Lipinski definition) is 0. The molecule has 0 N–H and O–H groups in total. The van der Waals surface area contributed by atoms with E-state index in [9.17, 15) is 0 Å². The van der Waals surface area contributed by atoms with Gasteiger partial charge in [-0.2, -0.15) is 0 Å². The molecule has 0 aromatic carbocycles. The highest BCUT2D eigenvalue weighted by Crippen LogP contribution is 2.12. The van der Waals surface area contributed by atoms with E-state index in [1.165, 1.54) is 114 Å². The van der Waals surface area contributed by atoms with Crippen LogP contribution in [0.3, 0.4) is 0 Å². The van der Waals surface area contributed by atoms with Crippen LogP contribution >= 0.6 is 0 Å². The molecule has 0 spiro atoms. The summed E-state index contributed by atoms with van der Waals surface area (Å²) in [6, 6.07) is 0. The third-order valence-corrected chi connectivity index (χ3v) is 6.66. The van der Waals surface area contributed by atoms with Crippen LogP contribution in [0.15, 0.2) is 0 Å². The molecule has 0 bridgehead atoms. The van der Waals surface area contributed by atoms with Crippen molar-refractivity contribution in [3.63, 3.8) is 0 Å². The Bertz CT molecular complexity index is 190. The molecule has 1 heteroatoms. The third-order valence-electron chi connectivity index (χ3n) is 4.69. The Hall–Kier alpha value is 0.350. The molecule has 134 valence electrons. The molecule has 1 unspecified atom stereocenters.